The summed E-state index contributed by atoms with van der Waals surface area (Å²) >= 11 is 0. The van der Waals surface area contributed by atoms with E-state index in [4.69, 9.17) is 0 Å². The molecule has 0 aromatic carbocycles. The summed E-state index contributed by atoms with van der Waals surface area (Å²) in [6.07, 6.45) is 1.02. The number of nitrogens with one attached hydrogen (secondary N) is 2. The lowest BCUT2D eigenvalue weighted by molar-refractivity contribution is -0.132. The van der Waals surface area contributed by atoms with Gasteiger partial charge in [-0.1, -0.05) is 0 Å². The van der Waals surface area contributed by atoms with Crippen LogP contribution in [0.2, 0.25) is 0 Å². The topological polar surface area (TPSA) is 105 Å². The van der Waals surface area contributed by atoms with Crippen LogP contribution in [-0.4, -0.2) is 77.2 Å². The van der Waals surface area contributed by atoms with Crippen LogP contribution in [0.4, 0.5) is 4.79 Å². The number of likely N-dealkylation sites (N-methyl/N-ethyl adjacent to an activating group) is 1. The minimum absolute atomic E-state index is 0.153. The quantitative estimate of drug-likeness (QED) is 0.426. The molecule has 2 aliphatic heterocycles. The number of hydrogen-bond acceptors (Lipinski definition) is 5. The van der Waals surface area contributed by atoms with Crippen LogP contribution in [0.15, 0.2) is 0 Å². The van der Waals surface area contributed by atoms with Gasteiger partial charge in [-0.3, -0.25) is 25.6 Å². The summed E-state index contributed by atoms with van der Waals surface area (Å²) in [5, 5.41) is 10.2. The smallest absolute Gasteiger partial charge is 0.309 e. The highest BCUT2D eigenvalue weighted by Gasteiger charge is 2.46. The van der Waals surface area contributed by atoms with E-state index in [0.29, 0.717) is 24.4 Å². The summed E-state index contributed by atoms with van der Waals surface area (Å²) in [5.41, 5.74) is 4.62. The fourth-order valence-electron chi connectivity index (χ4n) is 2.46. The Hall–Kier alpha value is -1.87. The third-order valence-electron chi connectivity index (χ3n) is 3.43. The summed E-state index contributed by atoms with van der Waals surface area (Å²) in [7, 11) is 3.48. The summed E-state index contributed by atoms with van der Waals surface area (Å²) in [6, 6.07) is -1.46. The maximum absolute atomic E-state index is 12.0. The Bertz CT molecular complexity index is 427. The number of carbonyl (C=O) groups is 3. The summed E-state index contributed by atoms with van der Waals surface area (Å²) in [6.45, 7) is 0.485. The third kappa shape index (κ3) is 2.83. The van der Waals surface area contributed by atoms with Gasteiger partial charge in [0.1, 0.15) is 6.04 Å². The van der Waals surface area contributed by atoms with Crippen LogP contribution in [0.1, 0.15) is 12.8 Å². The van der Waals surface area contributed by atoms with Crippen LogP contribution in [0.5, 0.6) is 0 Å². The first-order chi connectivity index (χ1) is 9.40. The van der Waals surface area contributed by atoms with E-state index in [1.807, 2.05) is 0 Å². The number of urea groups is 1. The maximum atomic E-state index is 12.0. The molecule has 0 aliphatic carbocycles. The van der Waals surface area contributed by atoms with E-state index in [-0.39, 0.29) is 18.5 Å². The summed E-state index contributed by atoms with van der Waals surface area (Å²) in [5.74, 6) is -0.784. The number of hydrogen-bond donors (Lipinski definition) is 3. The number of nitrogens with zero attached hydrogens (tertiary/aromatic N) is 3. The molecule has 0 unspecified atom stereocenters. The van der Waals surface area contributed by atoms with Crippen LogP contribution in [-0.2, 0) is 9.59 Å². The largest absolute Gasteiger partial charge is 0.344 e. The molecule has 20 heavy (non-hydrogen) atoms. The third-order valence-corrected chi connectivity index (χ3v) is 3.43. The van der Waals surface area contributed by atoms with E-state index in [9.17, 15) is 19.6 Å². The monoisotopic (exact) mass is 285 g/mol. The number of hydroxylamine groups is 2. The molecule has 3 N–H and O–H groups in total. The Morgan fingerprint density at radius 3 is 2.70 bits per heavy atom. The molecule has 2 heterocycles. The fraction of sp³-hybridized carbons (Fsp3) is 0.727. The van der Waals surface area contributed by atoms with E-state index in [1.54, 1.807) is 19.0 Å². The van der Waals surface area contributed by atoms with Crippen molar-refractivity contribution in [2.75, 3.05) is 27.2 Å². The summed E-state index contributed by atoms with van der Waals surface area (Å²) < 4.78 is 0. The van der Waals surface area contributed by atoms with Gasteiger partial charge in [-0.05, 0) is 26.9 Å². The molecule has 0 spiro atoms. The highest BCUT2D eigenvalue weighted by atomic mass is 16.5. The molecular weight excluding hydrogens is 266 g/mol. The zero-order chi connectivity index (χ0) is 14.9. The SMILES string of the molecule is CN(C)CC(=O)NNC(=O)[C@@H]1CC[C@@H]2CN1C(=O)N2O. The lowest BCUT2D eigenvalue weighted by atomic mass is 10.0. The molecule has 2 fully saturated rings. The predicted molar refractivity (Wildman–Crippen MR) is 67.4 cm³/mol. The van der Waals surface area contributed by atoms with Crippen LogP contribution >= 0.6 is 0 Å². The minimum Gasteiger partial charge on any atom is -0.309 e. The van der Waals surface area contributed by atoms with Crippen LogP contribution in [0, 0.1) is 0 Å². The van der Waals surface area contributed by atoms with Gasteiger partial charge in [0, 0.05) is 6.54 Å². The second-order valence-electron chi connectivity index (χ2n) is 5.30. The molecule has 2 bridgehead atoms. The molecule has 0 aromatic heterocycles. The van der Waals surface area contributed by atoms with Gasteiger partial charge < -0.3 is 9.80 Å². The average molecular weight is 285 g/mol. The molecule has 0 aromatic rings. The number of rotatable bonds is 3. The van der Waals surface area contributed by atoms with Crippen molar-refractivity contribution in [3.63, 3.8) is 0 Å². The van der Waals surface area contributed by atoms with Crippen molar-refractivity contribution in [3.05, 3.63) is 0 Å². The van der Waals surface area contributed by atoms with Crippen LogP contribution in [0.25, 0.3) is 0 Å². The second-order valence-corrected chi connectivity index (χ2v) is 5.30. The van der Waals surface area contributed by atoms with Crippen LogP contribution < -0.4 is 10.9 Å². The minimum atomic E-state index is -0.657. The molecule has 0 radical (unpaired) electrons. The number of hydrazine groups is 1. The van der Waals surface area contributed by atoms with Gasteiger partial charge in [-0.25, -0.2) is 9.86 Å². The second kappa shape index (κ2) is 5.63. The first kappa shape index (κ1) is 14.5. The lowest BCUT2D eigenvalue weighted by Crippen LogP contribution is -2.55. The Balaban J connectivity index is 1.87. The van der Waals surface area contributed by atoms with Gasteiger partial charge in [-0.15, -0.1) is 0 Å². The molecule has 112 valence electrons. The summed E-state index contributed by atoms with van der Waals surface area (Å²) in [4.78, 5) is 38.1. The zero-order valence-corrected chi connectivity index (χ0v) is 11.5. The van der Waals surface area contributed by atoms with Gasteiger partial charge >= 0.3 is 6.03 Å². The number of piperidine rings is 1. The molecule has 2 atom stereocenters. The standard InChI is InChI=1S/C11H19N5O4/c1-14(2)6-9(17)12-13-10(18)8-4-3-7-5-15(8)11(19)16(7)20/h7-8,20H,3-6H2,1-2H3,(H,12,17)(H,13,18)/t7-,8+/m1/s1. The van der Waals surface area contributed by atoms with E-state index >= 15 is 0 Å². The van der Waals surface area contributed by atoms with E-state index in [2.05, 4.69) is 10.9 Å². The average Bonchev–Trinajstić information content (AvgIpc) is 2.61. The fourth-order valence-corrected chi connectivity index (χ4v) is 2.46. The van der Waals surface area contributed by atoms with Crippen molar-refractivity contribution in [3.8, 4) is 0 Å². The normalized spacial score (nSPS) is 25.1. The first-order valence-corrected chi connectivity index (χ1v) is 6.42. The van der Waals surface area contributed by atoms with Gasteiger partial charge in [0.25, 0.3) is 11.8 Å². The van der Waals surface area contributed by atoms with Crippen LogP contribution in [0.3, 0.4) is 0 Å². The molecule has 2 rings (SSSR count). The van der Waals surface area contributed by atoms with E-state index < -0.39 is 18.0 Å². The van der Waals surface area contributed by atoms with Gasteiger partial charge in [0.15, 0.2) is 0 Å². The molecular formula is C11H19N5O4. The van der Waals surface area contributed by atoms with Crippen molar-refractivity contribution in [1.82, 2.24) is 25.7 Å². The highest BCUT2D eigenvalue weighted by Crippen LogP contribution is 2.28. The molecule has 2 saturated heterocycles. The van der Waals surface area contributed by atoms with Gasteiger partial charge in [0.2, 0.25) is 0 Å². The van der Waals surface area contributed by atoms with Gasteiger partial charge in [-0.2, -0.15) is 0 Å². The van der Waals surface area contributed by atoms with Gasteiger partial charge in [0.05, 0.1) is 12.6 Å². The van der Waals surface area contributed by atoms with Crippen molar-refractivity contribution in [1.29, 1.82) is 0 Å². The Kier molecular flexibility index (Phi) is 4.09. The molecule has 2 aliphatic rings. The number of amides is 4. The van der Waals surface area contributed by atoms with E-state index in [0.717, 1.165) is 0 Å². The van der Waals surface area contributed by atoms with Crippen molar-refractivity contribution in [2.45, 2.75) is 24.9 Å². The highest BCUT2D eigenvalue weighted by molar-refractivity contribution is 5.90. The molecule has 4 amide bonds. The molecule has 9 heteroatoms. The maximum Gasteiger partial charge on any atom is 0.344 e. The van der Waals surface area contributed by atoms with Crippen molar-refractivity contribution in [2.24, 2.45) is 0 Å². The number of fused-ring (bicyclic) bond motifs is 2. The van der Waals surface area contributed by atoms with Crippen molar-refractivity contribution >= 4 is 17.8 Å². The number of carbonyl (C=O) groups excluding carboxylic acids is 3. The Labute approximate surface area is 116 Å². The van der Waals surface area contributed by atoms with E-state index in [1.165, 1.54) is 4.90 Å². The molecule has 0 saturated carbocycles. The lowest BCUT2D eigenvalue weighted by Gasteiger charge is -2.29. The first-order valence-electron chi connectivity index (χ1n) is 6.42. The Morgan fingerprint density at radius 2 is 2.05 bits per heavy atom. The predicted octanol–water partition coefficient (Wildman–Crippen LogP) is -1.65. The molecule has 9 nitrogen and oxygen atoms in total. The zero-order valence-electron chi connectivity index (χ0n) is 11.5. The Morgan fingerprint density at radius 1 is 1.35 bits per heavy atom. The van der Waals surface area contributed by atoms with Crippen molar-refractivity contribution < 1.29 is 19.6 Å².